The minimum atomic E-state index is -0.196. The molecule has 1 N–H and O–H groups in total. The molecule has 1 fully saturated rings. The Hall–Kier alpha value is -3.18. The van der Waals surface area contributed by atoms with Crippen LogP contribution in [0.25, 0.3) is 0 Å². The van der Waals surface area contributed by atoms with Crippen LogP contribution in [0.1, 0.15) is 34.6 Å². The number of nitrogens with zero attached hydrogens (tertiary/aromatic N) is 1. The molecule has 0 radical (unpaired) electrons. The molecule has 4 nitrogen and oxygen atoms in total. The molecule has 1 aliphatic rings. The number of ether oxygens (including phenoxy) is 1. The van der Waals surface area contributed by atoms with E-state index in [9.17, 15) is 9.18 Å². The first-order chi connectivity index (χ1) is 16.5. The van der Waals surface area contributed by atoms with E-state index in [-0.39, 0.29) is 23.6 Å². The van der Waals surface area contributed by atoms with E-state index < -0.39 is 0 Å². The fraction of sp³-hybridized carbons (Fsp3) is 0.345. The van der Waals surface area contributed by atoms with Crippen LogP contribution in [-0.4, -0.2) is 37.6 Å². The summed E-state index contributed by atoms with van der Waals surface area (Å²) >= 11 is 0. The number of halogens is 1. The SMILES string of the molecule is COc1ccccc1CCNC(=O)[C@@H]1C[C@@H](c2cccc(C)c2)CN(Cc2ccccc2F)C1. The largest absolute Gasteiger partial charge is 0.496 e. The number of carbonyl (C=O) groups excluding carboxylic acids is 1. The highest BCUT2D eigenvalue weighted by molar-refractivity contribution is 5.79. The van der Waals surface area contributed by atoms with Crippen LogP contribution in [0.2, 0.25) is 0 Å². The Morgan fingerprint density at radius 3 is 2.56 bits per heavy atom. The van der Waals surface area contributed by atoms with Gasteiger partial charge in [0.05, 0.1) is 13.0 Å². The second-order valence-corrected chi connectivity index (χ2v) is 9.18. The Kier molecular flexibility index (Phi) is 7.96. The van der Waals surface area contributed by atoms with Crippen LogP contribution >= 0.6 is 0 Å². The molecule has 2 atom stereocenters. The minimum absolute atomic E-state index is 0.0609. The van der Waals surface area contributed by atoms with Gasteiger partial charge in [-0.3, -0.25) is 9.69 Å². The number of methoxy groups -OCH3 is 1. The van der Waals surface area contributed by atoms with Crippen molar-refractivity contribution in [1.82, 2.24) is 10.2 Å². The smallest absolute Gasteiger partial charge is 0.224 e. The molecule has 1 saturated heterocycles. The second kappa shape index (κ2) is 11.3. The summed E-state index contributed by atoms with van der Waals surface area (Å²) < 4.78 is 19.8. The molecule has 0 aliphatic carbocycles. The first-order valence-corrected chi connectivity index (χ1v) is 12.0. The number of hydrogen-bond acceptors (Lipinski definition) is 3. The average molecular weight is 461 g/mol. The number of aryl methyl sites for hydroxylation is 1. The van der Waals surface area contributed by atoms with Gasteiger partial charge in [-0.05, 0) is 48.9 Å². The summed E-state index contributed by atoms with van der Waals surface area (Å²) in [7, 11) is 1.66. The number of para-hydroxylation sites is 1. The van der Waals surface area contributed by atoms with Gasteiger partial charge in [0.1, 0.15) is 11.6 Å². The summed E-state index contributed by atoms with van der Waals surface area (Å²) in [4.78, 5) is 15.4. The molecular weight excluding hydrogens is 427 g/mol. The Bertz CT molecular complexity index is 1120. The third kappa shape index (κ3) is 6.03. The summed E-state index contributed by atoms with van der Waals surface area (Å²) in [5, 5.41) is 3.14. The highest BCUT2D eigenvalue weighted by Crippen LogP contribution is 2.32. The van der Waals surface area contributed by atoms with Gasteiger partial charge in [-0.1, -0.05) is 66.2 Å². The van der Waals surface area contributed by atoms with Gasteiger partial charge in [-0.2, -0.15) is 0 Å². The third-order valence-electron chi connectivity index (χ3n) is 6.65. The van der Waals surface area contributed by atoms with E-state index >= 15 is 0 Å². The molecule has 1 heterocycles. The molecule has 0 unspecified atom stereocenters. The molecule has 0 aromatic heterocycles. The van der Waals surface area contributed by atoms with Crippen LogP contribution in [-0.2, 0) is 17.8 Å². The van der Waals surface area contributed by atoms with Crippen molar-refractivity contribution in [3.05, 3.63) is 101 Å². The fourth-order valence-corrected chi connectivity index (χ4v) is 4.92. The monoisotopic (exact) mass is 460 g/mol. The van der Waals surface area contributed by atoms with E-state index in [1.165, 1.54) is 17.2 Å². The Morgan fingerprint density at radius 2 is 1.79 bits per heavy atom. The van der Waals surface area contributed by atoms with Gasteiger partial charge in [0.25, 0.3) is 0 Å². The zero-order valence-electron chi connectivity index (χ0n) is 20.0. The van der Waals surface area contributed by atoms with Crippen molar-refractivity contribution in [1.29, 1.82) is 0 Å². The van der Waals surface area contributed by atoms with Gasteiger partial charge < -0.3 is 10.1 Å². The lowest BCUT2D eigenvalue weighted by molar-refractivity contribution is -0.127. The summed E-state index contributed by atoms with van der Waals surface area (Å²) in [6, 6.07) is 23.3. The standard InChI is InChI=1S/C29H33FN2O2/c1-21-8-7-11-23(16-21)25-17-26(20-32(19-25)18-24-10-3-5-12-27(24)30)29(33)31-15-14-22-9-4-6-13-28(22)34-2/h3-13,16,25-26H,14-15,17-20H2,1-2H3,(H,31,33)/t25-,26-/m1/s1. The lowest BCUT2D eigenvalue weighted by Gasteiger charge is -2.37. The molecule has 178 valence electrons. The number of rotatable bonds is 8. The number of likely N-dealkylation sites (tertiary alicyclic amines) is 1. The van der Waals surface area contributed by atoms with Crippen molar-refractivity contribution in [3.63, 3.8) is 0 Å². The third-order valence-corrected chi connectivity index (χ3v) is 6.65. The van der Waals surface area contributed by atoms with Gasteiger partial charge in [-0.15, -0.1) is 0 Å². The Labute approximate surface area is 201 Å². The molecular formula is C29H33FN2O2. The molecule has 1 amide bonds. The number of piperidine rings is 1. The molecule has 5 heteroatoms. The van der Waals surface area contributed by atoms with Crippen LogP contribution < -0.4 is 10.1 Å². The maximum absolute atomic E-state index is 14.3. The first-order valence-electron chi connectivity index (χ1n) is 12.0. The number of amides is 1. The van der Waals surface area contributed by atoms with Crippen molar-refractivity contribution in [3.8, 4) is 5.75 Å². The van der Waals surface area contributed by atoms with Gasteiger partial charge in [0.2, 0.25) is 5.91 Å². The van der Waals surface area contributed by atoms with Crippen LogP contribution in [0, 0.1) is 18.7 Å². The predicted molar refractivity (Wildman–Crippen MR) is 133 cm³/mol. The number of hydrogen-bond donors (Lipinski definition) is 1. The van der Waals surface area contributed by atoms with E-state index in [1.54, 1.807) is 13.2 Å². The molecule has 1 aliphatic heterocycles. The summed E-state index contributed by atoms with van der Waals surface area (Å²) in [5.41, 5.74) is 4.20. The van der Waals surface area contributed by atoms with Crippen LogP contribution in [0.5, 0.6) is 5.75 Å². The molecule has 34 heavy (non-hydrogen) atoms. The van der Waals surface area contributed by atoms with Crippen molar-refractivity contribution >= 4 is 5.91 Å². The lowest BCUT2D eigenvalue weighted by atomic mass is 9.83. The van der Waals surface area contributed by atoms with E-state index in [2.05, 4.69) is 41.4 Å². The van der Waals surface area contributed by atoms with E-state index in [1.807, 2.05) is 36.4 Å². The maximum Gasteiger partial charge on any atom is 0.224 e. The zero-order chi connectivity index (χ0) is 23.9. The molecule has 0 spiro atoms. The fourth-order valence-electron chi connectivity index (χ4n) is 4.92. The Morgan fingerprint density at radius 1 is 1.03 bits per heavy atom. The van der Waals surface area contributed by atoms with E-state index in [4.69, 9.17) is 4.74 Å². The minimum Gasteiger partial charge on any atom is -0.496 e. The van der Waals surface area contributed by atoms with Crippen molar-refractivity contribution < 1.29 is 13.9 Å². The lowest BCUT2D eigenvalue weighted by Crippen LogP contribution is -2.45. The highest BCUT2D eigenvalue weighted by atomic mass is 19.1. The molecule has 0 bridgehead atoms. The summed E-state index contributed by atoms with van der Waals surface area (Å²) in [5.74, 6) is 0.780. The van der Waals surface area contributed by atoms with Gasteiger partial charge >= 0.3 is 0 Å². The normalized spacial score (nSPS) is 18.4. The topological polar surface area (TPSA) is 41.6 Å². The van der Waals surface area contributed by atoms with Crippen LogP contribution in [0.3, 0.4) is 0 Å². The van der Waals surface area contributed by atoms with Crippen molar-refractivity contribution in [2.45, 2.75) is 32.2 Å². The molecule has 3 aromatic rings. The van der Waals surface area contributed by atoms with Crippen molar-refractivity contribution in [2.24, 2.45) is 5.92 Å². The number of carbonyl (C=O) groups is 1. The quantitative estimate of drug-likeness (QED) is 0.508. The molecule has 0 saturated carbocycles. The molecule has 4 rings (SSSR count). The van der Waals surface area contributed by atoms with Gasteiger partial charge in [0, 0.05) is 31.7 Å². The van der Waals surface area contributed by atoms with Crippen LogP contribution in [0.4, 0.5) is 4.39 Å². The van der Waals surface area contributed by atoms with E-state index in [0.29, 0.717) is 31.6 Å². The van der Waals surface area contributed by atoms with Gasteiger partial charge in [-0.25, -0.2) is 4.39 Å². The summed E-state index contributed by atoms with van der Waals surface area (Å²) in [6.07, 6.45) is 1.50. The number of benzene rings is 3. The second-order valence-electron chi connectivity index (χ2n) is 9.18. The van der Waals surface area contributed by atoms with Crippen LogP contribution in [0.15, 0.2) is 72.8 Å². The van der Waals surface area contributed by atoms with Crippen molar-refractivity contribution in [2.75, 3.05) is 26.7 Å². The summed E-state index contributed by atoms with van der Waals surface area (Å²) in [6.45, 7) is 4.57. The molecule has 3 aromatic carbocycles. The number of nitrogens with one attached hydrogen (secondary N) is 1. The average Bonchev–Trinajstić information content (AvgIpc) is 2.85. The zero-order valence-corrected chi connectivity index (χ0v) is 20.0. The first kappa shape index (κ1) is 24.0. The van der Waals surface area contributed by atoms with Gasteiger partial charge in [0.15, 0.2) is 0 Å². The highest BCUT2D eigenvalue weighted by Gasteiger charge is 2.32. The Balaban J connectivity index is 1.45. The maximum atomic E-state index is 14.3. The predicted octanol–water partition coefficient (Wildman–Crippen LogP) is 5.11. The van der Waals surface area contributed by atoms with E-state index in [0.717, 1.165) is 24.3 Å².